The van der Waals surface area contributed by atoms with E-state index in [2.05, 4.69) is 49.9 Å². The standard InChI is InChI=1S/C20H31N/c1-4-5-6-9-13-21-14-12-20(3)16(2)19(21)15-17-10-7-8-11-18(17)20/h7-8,10-11,16,19H,4-6,9,12-15H2,1-3H3/t16-,19?,20-/m0/s1. The second kappa shape index (κ2) is 6.12. The molecule has 1 unspecified atom stereocenters. The summed E-state index contributed by atoms with van der Waals surface area (Å²) < 4.78 is 0. The Labute approximate surface area is 130 Å². The molecule has 2 bridgehead atoms. The van der Waals surface area contributed by atoms with E-state index in [9.17, 15) is 0 Å². The summed E-state index contributed by atoms with van der Waals surface area (Å²) in [4.78, 5) is 2.80. The Hall–Kier alpha value is -0.820. The molecule has 1 aromatic rings. The minimum Gasteiger partial charge on any atom is -0.300 e. The maximum atomic E-state index is 2.80. The average Bonchev–Trinajstić information content (AvgIpc) is 2.49. The highest BCUT2D eigenvalue weighted by atomic mass is 15.2. The van der Waals surface area contributed by atoms with E-state index in [1.807, 2.05) is 0 Å². The van der Waals surface area contributed by atoms with Gasteiger partial charge in [0.1, 0.15) is 0 Å². The van der Waals surface area contributed by atoms with Crippen molar-refractivity contribution in [2.24, 2.45) is 5.92 Å². The molecular formula is C20H31N. The molecule has 1 fully saturated rings. The van der Waals surface area contributed by atoms with Crippen LogP contribution in [-0.2, 0) is 11.8 Å². The van der Waals surface area contributed by atoms with E-state index in [0.29, 0.717) is 5.41 Å². The molecule has 3 atom stereocenters. The molecule has 2 aliphatic rings. The number of likely N-dealkylation sites (tertiary alicyclic amines) is 1. The normalized spacial score (nSPS) is 32.0. The fourth-order valence-corrected chi connectivity index (χ4v) is 4.70. The summed E-state index contributed by atoms with van der Waals surface area (Å²) in [6, 6.07) is 9.97. The predicted molar refractivity (Wildman–Crippen MR) is 90.8 cm³/mol. The third-order valence-electron chi connectivity index (χ3n) is 6.33. The molecule has 21 heavy (non-hydrogen) atoms. The van der Waals surface area contributed by atoms with Crippen molar-refractivity contribution in [3.63, 3.8) is 0 Å². The Balaban J connectivity index is 1.76. The highest BCUT2D eigenvalue weighted by Gasteiger charge is 2.47. The number of nitrogens with zero attached hydrogens (tertiary/aromatic N) is 1. The number of unbranched alkanes of at least 4 members (excludes halogenated alkanes) is 3. The molecule has 1 aliphatic heterocycles. The van der Waals surface area contributed by atoms with Crippen LogP contribution in [0.4, 0.5) is 0 Å². The van der Waals surface area contributed by atoms with Gasteiger partial charge in [0, 0.05) is 6.04 Å². The fourth-order valence-electron chi connectivity index (χ4n) is 4.70. The van der Waals surface area contributed by atoms with E-state index in [-0.39, 0.29) is 0 Å². The van der Waals surface area contributed by atoms with E-state index in [0.717, 1.165) is 12.0 Å². The molecule has 1 heterocycles. The second-order valence-electron chi connectivity index (χ2n) is 7.48. The van der Waals surface area contributed by atoms with E-state index in [4.69, 9.17) is 0 Å². The average molecular weight is 285 g/mol. The number of benzene rings is 1. The first-order valence-electron chi connectivity index (χ1n) is 8.99. The summed E-state index contributed by atoms with van der Waals surface area (Å²) in [5.74, 6) is 0.785. The third-order valence-corrected chi connectivity index (χ3v) is 6.33. The molecule has 1 saturated heterocycles. The number of fused-ring (bicyclic) bond motifs is 4. The molecule has 0 amide bonds. The smallest absolute Gasteiger partial charge is 0.0170 e. The predicted octanol–water partition coefficient (Wildman–Crippen LogP) is 4.79. The zero-order valence-corrected chi connectivity index (χ0v) is 14.1. The quantitative estimate of drug-likeness (QED) is 0.703. The van der Waals surface area contributed by atoms with Gasteiger partial charge in [0.2, 0.25) is 0 Å². The van der Waals surface area contributed by atoms with Crippen LogP contribution in [0, 0.1) is 5.92 Å². The van der Waals surface area contributed by atoms with Gasteiger partial charge in [-0.1, -0.05) is 64.3 Å². The van der Waals surface area contributed by atoms with Crippen LogP contribution in [-0.4, -0.2) is 24.0 Å². The summed E-state index contributed by atoms with van der Waals surface area (Å²) in [7, 11) is 0. The molecule has 0 N–H and O–H groups in total. The minimum absolute atomic E-state index is 0.402. The lowest BCUT2D eigenvalue weighted by molar-refractivity contribution is 0.0304. The topological polar surface area (TPSA) is 3.24 Å². The van der Waals surface area contributed by atoms with Crippen LogP contribution in [0.3, 0.4) is 0 Å². The van der Waals surface area contributed by atoms with Crippen LogP contribution in [0.15, 0.2) is 24.3 Å². The van der Waals surface area contributed by atoms with Gasteiger partial charge in [-0.3, -0.25) is 4.90 Å². The van der Waals surface area contributed by atoms with Crippen molar-refractivity contribution >= 4 is 0 Å². The lowest BCUT2D eigenvalue weighted by Crippen LogP contribution is -2.58. The van der Waals surface area contributed by atoms with Crippen molar-refractivity contribution in [1.29, 1.82) is 0 Å². The number of piperidine rings is 1. The highest BCUT2D eigenvalue weighted by molar-refractivity contribution is 5.39. The number of hydrogen-bond donors (Lipinski definition) is 0. The Morgan fingerprint density at radius 2 is 2.00 bits per heavy atom. The number of rotatable bonds is 5. The minimum atomic E-state index is 0.402. The maximum Gasteiger partial charge on any atom is 0.0170 e. The van der Waals surface area contributed by atoms with Gasteiger partial charge in [-0.05, 0) is 54.8 Å². The van der Waals surface area contributed by atoms with Crippen molar-refractivity contribution < 1.29 is 0 Å². The lowest BCUT2D eigenvalue weighted by atomic mass is 9.59. The van der Waals surface area contributed by atoms with E-state index >= 15 is 0 Å². The molecule has 116 valence electrons. The Morgan fingerprint density at radius 1 is 1.19 bits per heavy atom. The molecule has 1 aliphatic carbocycles. The summed E-state index contributed by atoms with van der Waals surface area (Å²) in [5, 5.41) is 0. The van der Waals surface area contributed by atoms with E-state index in [1.165, 1.54) is 51.6 Å². The molecule has 1 nitrogen and oxygen atoms in total. The van der Waals surface area contributed by atoms with Gasteiger partial charge < -0.3 is 0 Å². The molecule has 0 aromatic heterocycles. The molecule has 0 spiro atoms. The first-order chi connectivity index (χ1) is 10.2. The molecule has 0 saturated carbocycles. The van der Waals surface area contributed by atoms with E-state index < -0.39 is 0 Å². The van der Waals surface area contributed by atoms with Crippen molar-refractivity contribution in [3.05, 3.63) is 35.4 Å². The summed E-state index contributed by atoms with van der Waals surface area (Å²) in [5.41, 5.74) is 3.65. The Morgan fingerprint density at radius 3 is 2.81 bits per heavy atom. The van der Waals surface area contributed by atoms with Crippen LogP contribution in [0.5, 0.6) is 0 Å². The Kier molecular flexibility index (Phi) is 4.40. The van der Waals surface area contributed by atoms with Gasteiger partial charge in [0.05, 0.1) is 0 Å². The largest absolute Gasteiger partial charge is 0.300 e. The third kappa shape index (κ3) is 2.65. The molecular weight excluding hydrogens is 254 g/mol. The van der Waals surface area contributed by atoms with Gasteiger partial charge >= 0.3 is 0 Å². The lowest BCUT2D eigenvalue weighted by Gasteiger charge is -2.54. The SMILES string of the molecule is CCCCCCN1CC[C@]2(C)c3ccccc3CC1[C@@H]2C. The summed E-state index contributed by atoms with van der Waals surface area (Å²) in [6.45, 7) is 9.92. The monoisotopic (exact) mass is 285 g/mol. The zero-order valence-electron chi connectivity index (χ0n) is 14.1. The fraction of sp³-hybridized carbons (Fsp3) is 0.700. The van der Waals surface area contributed by atoms with E-state index in [1.54, 1.807) is 11.1 Å². The van der Waals surface area contributed by atoms with Crippen LogP contribution in [0.25, 0.3) is 0 Å². The molecule has 1 aromatic carbocycles. The first-order valence-corrected chi connectivity index (χ1v) is 8.99. The van der Waals surface area contributed by atoms with Crippen molar-refractivity contribution in [2.75, 3.05) is 13.1 Å². The number of hydrogen-bond acceptors (Lipinski definition) is 1. The first kappa shape index (κ1) is 15.1. The van der Waals surface area contributed by atoms with Gasteiger partial charge in [-0.15, -0.1) is 0 Å². The van der Waals surface area contributed by atoms with Gasteiger partial charge in [-0.25, -0.2) is 0 Å². The van der Waals surface area contributed by atoms with Gasteiger partial charge in [0.15, 0.2) is 0 Å². The second-order valence-corrected chi connectivity index (χ2v) is 7.48. The molecule has 1 heteroatoms. The van der Waals surface area contributed by atoms with Crippen molar-refractivity contribution in [1.82, 2.24) is 4.90 Å². The summed E-state index contributed by atoms with van der Waals surface area (Å²) >= 11 is 0. The summed E-state index contributed by atoms with van der Waals surface area (Å²) in [6.07, 6.45) is 8.12. The van der Waals surface area contributed by atoms with Gasteiger partial charge in [0.25, 0.3) is 0 Å². The Bertz CT molecular complexity index is 480. The van der Waals surface area contributed by atoms with Gasteiger partial charge in [-0.2, -0.15) is 0 Å². The van der Waals surface area contributed by atoms with Crippen LogP contribution in [0.1, 0.15) is 64.0 Å². The van der Waals surface area contributed by atoms with Crippen LogP contribution in [0.2, 0.25) is 0 Å². The van der Waals surface area contributed by atoms with Crippen molar-refractivity contribution in [2.45, 2.75) is 70.8 Å². The highest BCUT2D eigenvalue weighted by Crippen LogP contribution is 2.48. The zero-order chi connectivity index (χ0) is 14.9. The molecule has 0 radical (unpaired) electrons. The van der Waals surface area contributed by atoms with Crippen LogP contribution < -0.4 is 0 Å². The maximum absolute atomic E-state index is 2.80. The van der Waals surface area contributed by atoms with Crippen LogP contribution >= 0.6 is 0 Å². The molecule has 3 rings (SSSR count). The van der Waals surface area contributed by atoms with Crippen molar-refractivity contribution in [3.8, 4) is 0 Å².